The lowest BCUT2D eigenvalue weighted by Crippen LogP contribution is -2.12. The van der Waals surface area contributed by atoms with Crippen molar-refractivity contribution in [2.75, 3.05) is 10.6 Å². The molecular weight excluding hydrogens is 496 g/mol. The number of hydrogen-bond acceptors (Lipinski definition) is 8. The van der Waals surface area contributed by atoms with Crippen LogP contribution in [-0.4, -0.2) is 34.0 Å². The molecule has 2 aromatic heterocycles. The van der Waals surface area contributed by atoms with Crippen LogP contribution in [0.3, 0.4) is 0 Å². The van der Waals surface area contributed by atoms with Crippen molar-refractivity contribution in [3.8, 4) is 22.9 Å². The van der Waals surface area contributed by atoms with Crippen LogP contribution < -0.4 is 20.1 Å². The SMILES string of the molecule is CC(C)Oc1ccc(C(=O)Nc2nc(-c3csc(NC(=O)c4ccc(OC(C)C)cc4)n3)cs2)cc1. The molecule has 0 fully saturated rings. The van der Waals surface area contributed by atoms with E-state index in [0.29, 0.717) is 44.3 Å². The standard InChI is InChI=1S/C26H26N4O4S2/c1-15(2)33-19-9-5-17(6-10-19)23(31)29-25-27-21(13-35-25)22-14-36-26(28-22)30-24(32)18-7-11-20(12-8-18)34-16(3)4/h5-16H,1-4H3,(H,27,29,31)(H,28,30,32). The molecule has 2 heterocycles. The smallest absolute Gasteiger partial charge is 0.257 e. The Hall–Kier alpha value is -3.76. The summed E-state index contributed by atoms with van der Waals surface area (Å²) in [5.74, 6) is 0.898. The molecule has 0 atom stereocenters. The van der Waals surface area contributed by atoms with E-state index in [1.54, 1.807) is 48.5 Å². The zero-order valence-electron chi connectivity index (χ0n) is 20.3. The molecule has 0 radical (unpaired) electrons. The Kier molecular flexibility index (Phi) is 7.97. The highest BCUT2D eigenvalue weighted by Crippen LogP contribution is 2.29. The van der Waals surface area contributed by atoms with E-state index in [2.05, 4.69) is 20.6 Å². The van der Waals surface area contributed by atoms with Gasteiger partial charge in [0.1, 0.15) is 22.9 Å². The topological polar surface area (TPSA) is 102 Å². The Morgan fingerprint density at radius 1 is 0.667 bits per heavy atom. The van der Waals surface area contributed by atoms with Crippen molar-refractivity contribution in [2.45, 2.75) is 39.9 Å². The molecule has 0 aliphatic heterocycles. The van der Waals surface area contributed by atoms with Crippen LogP contribution in [0.2, 0.25) is 0 Å². The second-order valence-corrected chi connectivity index (χ2v) is 10.1. The van der Waals surface area contributed by atoms with Gasteiger partial charge in [-0.05, 0) is 76.2 Å². The quantitative estimate of drug-likeness (QED) is 0.266. The van der Waals surface area contributed by atoms with Crippen LogP contribution in [0.1, 0.15) is 48.4 Å². The summed E-state index contributed by atoms with van der Waals surface area (Å²) in [6.45, 7) is 7.79. The largest absolute Gasteiger partial charge is 0.491 e. The minimum atomic E-state index is -0.261. The number of ether oxygens (including phenoxy) is 2. The Morgan fingerprint density at radius 3 is 1.36 bits per heavy atom. The Balaban J connectivity index is 1.35. The van der Waals surface area contributed by atoms with Crippen LogP contribution >= 0.6 is 22.7 Å². The second kappa shape index (κ2) is 11.3. The Bertz CT molecular complexity index is 1230. The summed E-state index contributed by atoms with van der Waals surface area (Å²) in [6, 6.07) is 13.9. The third-order valence-corrected chi connectivity index (χ3v) is 6.20. The molecule has 8 nitrogen and oxygen atoms in total. The van der Waals surface area contributed by atoms with Crippen LogP contribution in [0, 0.1) is 0 Å². The van der Waals surface area contributed by atoms with Gasteiger partial charge in [-0.15, -0.1) is 22.7 Å². The lowest BCUT2D eigenvalue weighted by Gasteiger charge is -2.09. The molecule has 10 heteroatoms. The number of nitrogens with zero attached hydrogens (tertiary/aromatic N) is 2. The molecule has 0 aliphatic carbocycles. The highest BCUT2D eigenvalue weighted by molar-refractivity contribution is 7.15. The summed E-state index contributed by atoms with van der Waals surface area (Å²) in [6.07, 6.45) is 0.128. The van der Waals surface area contributed by atoms with Crippen LogP contribution in [0.4, 0.5) is 10.3 Å². The van der Waals surface area contributed by atoms with E-state index in [9.17, 15) is 9.59 Å². The van der Waals surface area contributed by atoms with E-state index in [4.69, 9.17) is 9.47 Å². The van der Waals surface area contributed by atoms with Crippen molar-refractivity contribution in [3.63, 3.8) is 0 Å². The predicted octanol–water partition coefficient (Wildman–Crippen LogP) is 6.35. The average Bonchev–Trinajstić information content (AvgIpc) is 3.49. The molecule has 0 saturated carbocycles. The number of nitrogens with one attached hydrogen (secondary N) is 2. The maximum absolute atomic E-state index is 12.6. The van der Waals surface area contributed by atoms with Gasteiger partial charge >= 0.3 is 0 Å². The highest BCUT2D eigenvalue weighted by atomic mass is 32.1. The van der Waals surface area contributed by atoms with Crippen molar-refractivity contribution in [3.05, 3.63) is 70.4 Å². The first-order valence-electron chi connectivity index (χ1n) is 11.3. The van der Waals surface area contributed by atoms with Gasteiger partial charge in [0.05, 0.1) is 12.2 Å². The zero-order chi connectivity index (χ0) is 25.7. The van der Waals surface area contributed by atoms with E-state index in [0.717, 1.165) is 0 Å². The van der Waals surface area contributed by atoms with Gasteiger partial charge in [-0.25, -0.2) is 9.97 Å². The Labute approximate surface area is 217 Å². The molecule has 0 aliphatic rings. The number of rotatable bonds is 9. The third kappa shape index (κ3) is 6.67. The van der Waals surface area contributed by atoms with Crippen molar-refractivity contribution < 1.29 is 19.1 Å². The molecule has 2 amide bonds. The average molecular weight is 523 g/mol. The van der Waals surface area contributed by atoms with E-state index in [1.165, 1.54) is 22.7 Å². The van der Waals surface area contributed by atoms with Crippen LogP contribution in [0.15, 0.2) is 59.3 Å². The zero-order valence-corrected chi connectivity index (χ0v) is 21.9. The van der Waals surface area contributed by atoms with Crippen LogP contribution in [0.5, 0.6) is 11.5 Å². The molecule has 2 aromatic carbocycles. The van der Waals surface area contributed by atoms with Crippen molar-refractivity contribution in [1.29, 1.82) is 0 Å². The first-order valence-corrected chi connectivity index (χ1v) is 13.1. The number of anilines is 2. The number of benzene rings is 2. The van der Waals surface area contributed by atoms with Gasteiger partial charge in [-0.3, -0.25) is 20.2 Å². The predicted molar refractivity (Wildman–Crippen MR) is 144 cm³/mol. The van der Waals surface area contributed by atoms with Gasteiger partial charge in [0.2, 0.25) is 0 Å². The van der Waals surface area contributed by atoms with Crippen molar-refractivity contribution in [2.24, 2.45) is 0 Å². The number of carbonyl (C=O) groups is 2. The highest BCUT2D eigenvalue weighted by Gasteiger charge is 2.14. The Morgan fingerprint density at radius 2 is 1.03 bits per heavy atom. The van der Waals surface area contributed by atoms with Gasteiger partial charge < -0.3 is 9.47 Å². The molecule has 0 unspecified atom stereocenters. The van der Waals surface area contributed by atoms with E-state index in [1.807, 2.05) is 38.5 Å². The van der Waals surface area contributed by atoms with Gasteiger partial charge in [0.15, 0.2) is 10.3 Å². The number of aromatic nitrogens is 2. The number of carbonyl (C=O) groups excluding carboxylic acids is 2. The first-order chi connectivity index (χ1) is 17.3. The van der Waals surface area contributed by atoms with Gasteiger partial charge in [-0.2, -0.15) is 0 Å². The normalized spacial score (nSPS) is 10.9. The van der Waals surface area contributed by atoms with Crippen LogP contribution in [-0.2, 0) is 0 Å². The molecular formula is C26H26N4O4S2. The van der Waals surface area contributed by atoms with Gasteiger partial charge in [0.25, 0.3) is 11.8 Å². The fourth-order valence-electron chi connectivity index (χ4n) is 3.15. The molecule has 2 N–H and O–H groups in total. The summed E-state index contributed by atoms with van der Waals surface area (Å²) in [4.78, 5) is 34.1. The number of thiazole rings is 2. The summed E-state index contributed by atoms with van der Waals surface area (Å²) < 4.78 is 11.2. The van der Waals surface area contributed by atoms with Crippen molar-refractivity contribution in [1.82, 2.24) is 9.97 Å². The molecule has 4 aromatic rings. The van der Waals surface area contributed by atoms with Gasteiger partial charge in [0, 0.05) is 21.9 Å². The van der Waals surface area contributed by atoms with E-state index < -0.39 is 0 Å². The monoisotopic (exact) mass is 522 g/mol. The van der Waals surface area contributed by atoms with E-state index >= 15 is 0 Å². The fourth-order valence-corrected chi connectivity index (χ4v) is 4.55. The summed E-state index contributed by atoms with van der Waals surface area (Å²) in [5, 5.41) is 10.2. The molecule has 0 bridgehead atoms. The maximum atomic E-state index is 12.6. The summed E-state index contributed by atoms with van der Waals surface area (Å²) in [5.41, 5.74) is 2.24. The van der Waals surface area contributed by atoms with E-state index in [-0.39, 0.29) is 24.0 Å². The summed E-state index contributed by atoms with van der Waals surface area (Å²) >= 11 is 2.60. The number of hydrogen-bond donors (Lipinski definition) is 2. The molecule has 0 saturated heterocycles. The minimum Gasteiger partial charge on any atom is -0.491 e. The number of amides is 2. The summed E-state index contributed by atoms with van der Waals surface area (Å²) in [7, 11) is 0. The fraction of sp³-hybridized carbons (Fsp3) is 0.231. The van der Waals surface area contributed by atoms with Crippen LogP contribution in [0.25, 0.3) is 11.4 Å². The lowest BCUT2D eigenvalue weighted by atomic mass is 10.2. The molecule has 0 spiro atoms. The second-order valence-electron chi connectivity index (χ2n) is 8.37. The van der Waals surface area contributed by atoms with Crippen molar-refractivity contribution >= 4 is 44.8 Å². The third-order valence-electron chi connectivity index (χ3n) is 4.69. The molecule has 186 valence electrons. The molecule has 4 rings (SSSR count). The maximum Gasteiger partial charge on any atom is 0.257 e. The van der Waals surface area contributed by atoms with Gasteiger partial charge in [-0.1, -0.05) is 0 Å². The first kappa shape index (κ1) is 25.3. The lowest BCUT2D eigenvalue weighted by molar-refractivity contribution is 0.101. The minimum absolute atomic E-state index is 0.0641. The molecule has 36 heavy (non-hydrogen) atoms.